The Balaban J connectivity index is 2.13. The third-order valence-electron chi connectivity index (χ3n) is 3.03. The van der Waals surface area contributed by atoms with Gasteiger partial charge in [-0.15, -0.1) is 0 Å². The Hall–Kier alpha value is -1.73. The van der Waals surface area contributed by atoms with Crippen molar-refractivity contribution in [3.8, 4) is 0 Å². The van der Waals surface area contributed by atoms with Crippen molar-refractivity contribution in [3.05, 3.63) is 56.6 Å². The summed E-state index contributed by atoms with van der Waals surface area (Å²) >= 11 is 3.34. The van der Waals surface area contributed by atoms with Crippen molar-refractivity contribution >= 4 is 21.6 Å². The van der Waals surface area contributed by atoms with Crippen molar-refractivity contribution < 1.29 is 4.92 Å². The minimum Gasteiger partial charge on any atom is -0.347 e. The van der Waals surface area contributed by atoms with E-state index >= 15 is 0 Å². The lowest BCUT2D eigenvalue weighted by molar-refractivity contribution is -0.385. The second kappa shape index (κ2) is 6.62. The Morgan fingerprint density at radius 2 is 2.35 bits per heavy atom. The number of aromatic amines is 1. The fraction of sp³-hybridized carbons (Fsp3) is 0.308. The van der Waals surface area contributed by atoms with Gasteiger partial charge in [0.25, 0.3) is 5.69 Å². The zero-order valence-corrected chi connectivity index (χ0v) is 12.6. The normalized spacial score (nSPS) is 12.3. The van der Waals surface area contributed by atoms with Crippen LogP contribution in [0.25, 0.3) is 0 Å². The lowest BCUT2D eigenvalue weighted by Gasteiger charge is -2.14. The highest BCUT2D eigenvalue weighted by Gasteiger charge is 2.16. The molecule has 2 aromatic rings. The molecule has 20 heavy (non-hydrogen) atoms. The van der Waals surface area contributed by atoms with Crippen molar-refractivity contribution in [2.24, 2.45) is 0 Å². The zero-order chi connectivity index (χ0) is 14.5. The van der Waals surface area contributed by atoms with E-state index in [-0.39, 0.29) is 16.7 Å². The topological polar surface area (TPSA) is 83.8 Å². The molecule has 0 radical (unpaired) electrons. The second-order valence-electron chi connectivity index (χ2n) is 4.35. The van der Waals surface area contributed by atoms with Crippen molar-refractivity contribution in [1.29, 1.82) is 0 Å². The highest BCUT2D eigenvalue weighted by molar-refractivity contribution is 9.10. The van der Waals surface area contributed by atoms with Gasteiger partial charge in [-0.25, -0.2) is 4.98 Å². The summed E-state index contributed by atoms with van der Waals surface area (Å²) in [6, 6.07) is 4.99. The molecule has 1 aromatic heterocycles. The van der Waals surface area contributed by atoms with Gasteiger partial charge in [0.1, 0.15) is 5.82 Å². The summed E-state index contributed by atoms with van der Waals surface area (Å²) in [4.78, 5) is 17.9. The number of halogens is 1. The minimum absolute atomic E-state index is 0.0450. The Bertz CT molecular complexity index is 586. The van der Waals surface area contributed by atoms with Gasteiger partial charge in [-0.1, -0.05) is 22.9 Å². The molecule has 2 rings (SSSR count). The molecule has 0 aliphatic carbocycles. The molecule has 0 spiro atoms. The molecule has 0 saturated heterocycles. The maximum atomic E-state index is 11.0. The summed E-state index contributed by atoms with van der Waals surface area (Å²) in [7, 11) is 0. The quantitative estimate of drug-likeness (QED) is 0.625. The van der Waals surface area contributed by atoms with E-state index in [4.69, 9.17) is 0 Å². The van der Waals surface area contributed by atoms with Gasteiger partial charge in [0.15, 0.2) is 0 Å². The van der Waals surface area contributed by atoms with Crippen molar-refractivity contribution in [3.63, 3.8) is 0 Å². The molecule has 106 valence electrons. The van der Waals surface area contributed by atoms with E-state index in [1.54, 1.807) is 24.5 Å². The van der Waals surface area contributed by atoms with Crippen molar-refractivity contribution in [2.45, 2.75) is 25.9 Å². The summed E-state index contributed by atoms with van der Waals surface area (Å²) < 4.78 is 0.825. The molecule has 0 aliphatic rings. The number of nitro benzene ring substituents is 1. The maximum absolute atomic E-state index is 11.0. The molecule has 0 saturated carbocycles. The van der Waals surface area contributed by atoms with Crippen LogP contribution in [0.2, 0.25) is 0 Å². The Labute approximate surface area is 124 Å². The largest absolute Gasteiger partial charge is 0.347 e. The van der Waals surface area contributed by atoms with Gasteiger partial charge in [-0.05, 0) is 18.6 Å². The number of benzene rings is 1. The molecule has 0 fully saturated rings. The molecule has 7 heteroatoms. The van der Waals surface area contributed by atoms with Gasteiger partial charge in [-0.2, -0.15) is 0 Å². The van der Waals surface area contributed by atoms with E-state index < -0.39 is 0 Å². The predicted molar refractivity (Wildman–Crippen MR) is 79.3 cm³/mol. The summed E-state index contributed by atoms with van der Waals surface area (Å²) in [6.07, 6.45) is 4.30. The molecule has 0 bridgehead atoms. The van der Waals surface area contributed by atoms with Gasteiger partial charge in [0.2, 0.25) is 0 Å². The Kier molecular flexibility index (Phi) is 4.86. The number of hydrogen-bond donors (Lipinski definition) is 2. The first-order valence-electron chi connectivity index (χ1n) is 6.27. The lowest BCUT2D eigenvalue weighted by atomic mass is 10.1. The van der Waals surface area contributed by atoms with Crippen LogP contribution in [0.4, 0.5) is 5.69 Å². The molecule has 2 N–H and O–H groups in total. The first-order valence-corrected chi connectivity index (χ1v) is 7.06. The SMILES string of the molecule is CCC(NCc1cc(Br)ccc1[N+](=O)[O-])c1ncc[nH]1. The predicted octanol–water partition coefficient (Wildman–Crippen LogP) is 3.32. The number of rotatable bonds is 6. The van der Waals surface area contributed by atoms with Crippen LogP contribution in [0.15, 0.2) is 35.1 Å². The van der Waals surface area contributed by atoms with Crippen molar-refractivity contribution in [1.82, 2.24) is 15.3 Å². The van der Waals surface area contributed by atoms with E-state index in [1.165, 1.54) is 6.07 Å². The molecular formula is C13H15BrN4O2. The molecule has 0 aliphatic heterocycles. The first-order chi connectivity index (χ1) is 9.61. The number of nitro groups is 1. The Morgan fingerprint density at radius 3 is 2.95 bits per heavy atom. The smallest absolute Gasteiger partial charge is 0.273 e. The van der Waals surface area contributed by atoms with Gasteiger partial charge in [0.05, 0.1) is 11.0 Å². The van der Waals surface area contributed by atoms with Crippen molar-refractivity contribution in [2.75, 3.05) is 0 Å². The third-order valence-corrected chi connectivity index (χ3v) is 3.53. The van der Waals surface area contributed by atoms with Gasteiger partial charge >= 0.3 is 0 Å². The van der Waals surface area contributed by atoms with Crippen LogP contribution in [0.1, 0.15) is 30.8 Å². The number of nitrogens with one attached hydrogen (secondary N) is 2. The number of H-pyrrole nitrogens is 1. The third kappa shape index (κ3) is 3.43. The summed E-state index contributed by atoms with van der Waals surface area (Å²) in [5, 5.41) is 14.3. The van der Waals surface area contributed by atoms with E-state index in [0.717, 1.165) is 16.7 Å². The van der Waals surface area contributed by atoms with Crippen LogP contribution in [0.3, 0.4) is 0 Å². The maximum Gasteiger partial charge on any atom is 0.273 e. The highest BCUT2D eigenvalue weighted by atomic mass is 79.9. The molecule has 1 heterocycles. The average molecular weight is 339 g/mol. The number of nitrogens with zero attached hydrogens (tertiary/aromatic N) is 2. The zero-order valence-electron chi connectivity index (χ0n) is 11.0. The summed E-state index contributed by atoms with van der Waals surface area (Å²) in [5.74, 6) is 0.838. The van der Waals surface area contributed by atoms with E-state index in [2.05, 4.69) is 31.2 Å². The molecule has 0 amide bonds. The number of imidazole rings is 1. The van der Waals surface area contributed by atoms with Gasteiger partial charge in [0, 0.05) is 35.0 Å². The minimum atomic E-state index is -0.364. The van der Waals surface area contributed by atoms with Crippen LogP contribution in [-0.4, -0.2) is 14.9 Å². The average Bonchev–Trinajstić information content (AvgIpc) is 2.93. The van der Waals surface area contributed by atoms with Crippen LogP contribution in [-0.2, 0) is 6.54 Å². The number of aromatic nitrogens is 2. The highest BCUT2D eigenvalue weighted by Crippen LogP contribution is 2.24. The molecule has 1 unspecified atom stereocenters. The monoisotopic (exact) mass is 338 g/mol. The standard InChI is InChI=1S/C13H15BrN4O2/c1-2-11(13-15-5-6-16-13)17-8-9-7-10(14)3-4-12(9)18(19)20/h3-7,11,17H,2,8H2,1H3,(H,15,16). The van der Waals surface area contributed by atoms with Gasteiger partial charge < -0.3 is 10.3 Å². The Morgan fingerprint density at radius 1 is 1.55 bits per heavy atom. The first kappa shape index (κ1) is 14.7. The van der Waals surface area contributed by atoms with E-state index in [0.29, 0.717) is 12.1 Å². The fourth-order valence-corrected chi connectivity index (χ4v) is 2.42. The fourth-order valence-electron chi connectivity index (χ4n) is 2.01. The summed E-state index contributed by atoms with van der Waals surface area (Å²) in [6.45, 7) is 2.45. The lowest BCUT2D eigenvalue weighted by Crippen LogP contribution is -2.21. The molecule has 1 aromatic carbocycles. The molecule has 6 nitrogen and oxygen atoms in total. The van der Waals surface area contributed by atoms with Crippen LogP contribution < -0.4 is 5.32 Å². The molecular weight excluding hydrogens is 324 g/mol. The van der Waals surface area contributed by atoms with Gasteiger partial charge in [-0.3, -0.25) is 10.1 Å². The molecule has 1 atom stereocenters. The van der Waals surface area contributed by atoms with E-state index in [9.17, 15) is 10.1 Å². The number of hydrogen-bond acceptors (Lipinski definition) is 4. The second-order valence-corrected chi connectivity index (χ2v) is 5.26. The summed E-state index contributed by atoms with van der Waals surface area (Å²) in [5.41, 5.74) is 0.768. The van der Waals surface area contributed by atoms with Crippen LogP contribution in [0.5, 0.6) is 0 Å². The van der Waals surface area contributed by atoms with E-state index in [1.807, 2.05) is 6.92 Å². The van der Waals surface area contributed by atoms with Crippen LogP contribution in [0, 0.1) is 10.1 Å². The van der Waals surface area contributed by atoms with Crippen LogP contribution >= 0.6 is 15.9 Å².